The normalized spacial score (nSPS) is 18.6. The number of nitrogens with zero attached hydrogens (tertiary/aromatic N) is 2. The quantitative estimate of drug-likeness (QED) is 0.838. The van der Waals surface area contributed by atoms with E-state index < -0.39 is 0 Å². The molecule has 1 aliphatic heterocycles. The SMILES string of the molecule is O=C1CCC(NC(=O)c2ccc3nccnc3c2)CN1. The predicted octanol–water partition coefficient (Wildman–Crippen LogP) is 0.638. The standard InChI is InChI=1S/C14H14N4O2/c19-13-4-2-10(8-17-13)18-14(20)9-1-3-11-12(7-9)16-6-5-15-11/h1,3,5-7,10H,2,4,8H2,(H,17,19)(H,18,20). The fraction of sp³-hybridized carbons (Fsp3) is 0.286. The Hall–Kier alpha value is -2.50. The van der Waals surface area contributed by atoms with Crippen LogP contribution in [0.2, 0.25) is 0 Å². The summed E-state index contributed by atoms with van der Waals surface area (Å²) < 4.78 is 0. The van der Waals surface area contributed by atoms with E-state index in [9.17, 15) is 9.59 Å². The molecule has 1 aromatic carbocycles. The van der Waals surface area contributed by atoms with Gasteiger partial charge in [-0.15, -0.1) is 0 Å². The van der Waals surface area contributed by atoms with Gasteiger partial charge in [0.05, 0.1) is 11.0 Å². The molecule has 1 saturated heterocycles. The highest BCUT2D eigenvalue weighted by Crippen LogP contribution is 2.11. The lowest BCUT2D eigenvalue weighted by atomic mass is 10.1. The van der Waals surface area contributed by atoms with Crippen molar-refractivity contribution in [1.29, 1.82) is 0 Å². The average Bonchev–Trinajstić information content (AvgIpc) is 2.49. The maximum Gasteiger partial charge on any atom is 0.251 e. The number of fused-ring (bicyclic) bond motifs is 1. The van der Waals surface area contributed by atoms with Crippen molar-refractivity contribution >= 4 is 22.8 Å². The zero-order valence-electron chi connectivity index (χ0n) is 10.8. The number of benzene rings is 1. The molecule has 6 heteroatoms. The monoisotopic (exact) mass is 270 g/mol. The second kappa shape index (κ2) is 5.24. The van der Waals surface area contributed by atoms with Crippen molar-refractivity contribution in [2.24, 2.45) is 0 Å². The molecule has 3 rings (SSSR count). The Morgan fingerprint density at radius 2 is 2.05 bits per heavy atom. The Morgan fingerprint density at radius 3 is 2.80 bits per heavy atom. The van der Waals surface area contributed by atoms with E-state index in [1.54, 1.807) is 30.6 Å². The van der Waals surface area contributed by atoms with Gasteiger partial charge in [-0.1, -0.05) is 0 Å². The van der Waals surface area contributed by atoms with Crippen molar-refractivity contribution in [2.45, 2.75) is 18.9 Å². The highest BCUT2D eigenvalue weighted by Gasteiger charge is 2.20. The molecular weight excluding hydrogens is 256 g/mol. The summed E-state index contributed by atoms with van der Waals surface area (Å²) in [6.07, 6.45) is 4.34. The van der Waals surface area contributed by atoms with Crippen molar-refractivity contribution in [3.8, 4) is 0 Å². The zero-order valence-corrected chi connectivity index (χ0v) is 10.8. The van der Waals surface area contributed by atoms with Crippen LogP contribution in [0.25, 0.3) is 11.0 Å². The largest absolute Gasteiger partial charge is 0.354 e. The van der Waals surface area contributed by atoms with Crippen LogP contribution in [0.15, 0.2) is 30.6 Å². The van der Waals surface area contributed by atoms with E-state index in [0.717, 1.165) is 5.52 Å². The molecular formula is C14H14N4O2. The van der Waals surface area contributed by atoms with E-state index >= 15 is 0 Å². The number of carbonyl (C=O) groups excluding carboxylic acids is 2. The number of nitrogens with one attached hydrogen (secondary N) is 2. The Labute approximate surface area is 115 Å². The van der Waals surface area contributed by atoms with Crippen molar-refractivity contribution in [3.63, 3.8) is 0 Å². The minimum atomic E-state index is -0.154. The minimum absolute atomic E-state index is 0.0160. The lowest BCUT2D eigenvalue weighted by molar-refractivity contribution is -0.122. The topological polar surface area (TPSA) is 84.0 Å². The summed E-state index contributed by atoms with van der Waals surface area (Å²) in [5, 5.41) is 5.66. The molecule has 6 nitrogen and oxygen atoms in total. The van der Waals surface area contributed by atoms with Crippen LogP contribution in [0.1, 0.15) is 23.2 Å². The van der Waals surface area contributed by atoms with Crippen molar-refractivity contribution in [1.82, 2.24) is 20.6 Å². The fourth-order valence-corrected chi connectivity index (χ4v) is 2.23. The molecule has 0 saturated carbocycles. The van der Waals surface area contributed by atoms with Gasteiger partial charge in [0.25, 0.3) is 5.91 Å². The molecule has 1 aliphatic rings. The molecule has 0 radical (unpaired) electrons. The molecule has 2 amide bonds. The van der Waals surface area contributed by atoms with E-state index in [0.29, 0.717) is 30.5 Å². The summed E-state index contributed by atoms with van der Waals surface area (Å²) in [4.78, 5) is 31.6. The molecule has 1 aromatic heterocycles. The lowest BCUT2D eigenvalue weighted by Crippen LogP contribution is -2.47. The molecule has 2 heterocycles. The summed E-state index contributed by atoms with van der Waals surface area (Å²) in [6.45, 7) is 0.484. The van der Waals surface area contributed by atoms with Crippen LogP contribution >= 0.6 is 0 Å². The molecule has 102 valence electrons. The van der Waals surface area contributed by atoms with Crippen molar-refractivity contribution in [3.05, 3.63) is 36.2 Å². The van der Waals surface area contributed by atoms with Gasteiger partial charge in [0.1, 0.15) is 0 Å². The number of rotatable bonds is 2. The molecule has 1 atom stereocenters. The van der Waals surface area contributed by atoms with E-state index in [1.165, 1.54) is 0 Å². The van der Waals surface area contributed by atoms with Gasteiger partial charge in [0.15, 0.2) is 0 Å². The minimum Gasteiger partial charge on any atom is -0.354 e. The summed E-state index contributed by atoms with van der Waals surface area (Å²) in [5.41, 5.74) is 2.00. The van der Waals surface area contributed by atoms with Gasteiger partial charge < -0.3 is 10.6 Å². The van der Waals surface area contributed by atoms with Crippen LogP contribution in [0.4, 0.5) is 0 Å². The van der Waals surface area contributed by atoms with E-state index in [4.69, 9.17) is 0 Å². The van der Waals surface area contributed by atoms with Crippen LogP contribution in [-0.2, 0) is 4.79 Å². The number of aromatic nitrogens is 2. The van der Waals surface area contributed by atoms with Crippen LogP contribution in [0.3, 0.4) is 0 Å². The molecule has 1 unspecified atom stereocenters. The number of piperidine rings is 1. The molecule has 20 heavy (non-hydrogen) atoms. The van der Waals surface area contributed by atoms with Gasteiger partial charge in [0.2, 0.25) is 5.91 Å². The Kier molecular flexibility index (Phi) is 3.28. The summed E-state index contributed by atoms with van der Waals surface area (Å²) in [5.74, 6) is -0.116. The molecule has 2 N–H and O–H groups in total. The Bertz CT molecular complexity index is 661. The van der Waals surface area contributed by atoms with Crippen LogP contribution < -0.4 is 10.6 Å². The van der Waals surface area contributed by atoms with Crippen molar-refractivity contribution in [2.75, 3.05) is 6.54 Å². The zero-order chi connectivity index (χ0) is 13.9. The van der Waals surface area contributed by atoms with Gasteiger partial charge in [-0.25, -0.2) is 0 Å². The maximum atomic E-state index is 12.2. The fourth-order valence-electron chi connectivity index (χ4n) is 2.23. The number of amides is 2. The maximum absolute atomic E-state index is 12.2. The first-order chi connectivity index (χ1) is 9.72. The molecule has 2 aromatic rings. The summed E-state index contributed by atoms with van der Waals surface area (Å²) in [7, 11) is 0. The predicted molar refractivity (Wildman–Crippen MR) is 73.0 cm³/mol. The smallest absolute Gasteiger partial charge is 0.251 e. The van der Waals surface area contributed by atoms with Crippen LogP contribution in [-0.4, -0.2) is 34.4 Å². The van der Waals surface area contributed by atoms with Gasteiger partial charge >= 0.3 is 0 Å². The molecule has 0 spiro atoms. The highest BCUT2D eigenvalue weighted by molar-refractivity contribution is 5.97. The molecule has 0 bridgehead atoms. The number of hydrogen-bond donors (Lipinski definition) is 2. The number of carbonyl (C=O) groups is 2. The second-order valence-electron chi connectivity index (χ2n) is 4.77. The summed E-state index contributed by atoms with van der Waals surface area (Å²) in [6, 6.07) is 5.21. The molecule has 1 fully saturated rings. The van der Waals surface area contributed by atoms with E-state index in [-0.39, 0.29) is 17.9 Å². The average molecular weight is 270 g/mol. The number of hydrogen-bond acceptors (Lipinski definition) is 4. The van der Waals surface area contributed by atoms with E-state index in [1.807, 2.05) is 0 Å². The third-order valence-corrected chi connectivity index (χ3v) is 3.33. The van der Waals surface area contributed by atoms with Gasteiger partial charge in [-0.05, 0) is 24.6 Å². The van der Waals surface area contributed by atoms with Crippen molar-refractivity contribution < 1.29 is 9.59 Å². The van der Waals surface area contributed by atoms with Gasteiger partial charge in [-0.2, -0.15) is 0 Å². The second-order valence-corrected chi connectivity index (χ2v) is 4.77. The van der Waals surface area contributed by atoms with Gasteiger partial charge in [0, 0.05) is 37.0 Å². The van der Waals surface area contributed by atoms with Crippen LogP contribution in [0.5, 0.6) is 0 Å². The first kappa shape index (κ1) is 12.5. The van der Waals surface area contributed by atoms with Crippen LogP contribution in [0, 0.1) is 0 Å². The molecule has 0 aliphatic carbocycles. The first-order valence-corrected chi connectivity index (χ1v) is 6.51. The first-order valence-electron chi connectivity index (χ1n) is 6.51. The lowest BCUT2D eigenvalue weighted by Gasteiger charge is -2.23. The highest BCUT2D eigenvalue weighted by atomic mass is 16.2. The third kappa shape index (κ3) is 2.59. The Morgan fingerprint density at radius 1 is 1.25 bits per heavy atom. The third-order valence-electron chi connectivity index (χ3n) is 3.33. The van der Waals surface area contributed by atoms with E-state index in [2.05, 4.69) is 20.6 Å². The summed E-state index contributed by atoms with van der Waals surface area (Å²) >= 11 is 0. The van der Waals surface area contributed by atoms with Gasteiger partial charge in [-0.3, -0.25) is 19.6 Å². The Balaban J connectivity index is 1.73.